The molecule has 1 aliphatic heterocycles. The van der Waals surface area contributed by atoms with Crippen molar-refractivity contribution in [3.8, 4) is 5.75 Å². The third kappa shape index (κ3) is 3.68. The Labute approximate surface area is 139 Å². The van der Waals surface area contributed by atoms with Crippen molar-refractivity contribution in [2.45, 2.75) is 12.8 Å². The number of aryl methyl sites for hydroxylation is 1. The third-order valence-electron chi connectivity index (χ3n) is 3.72. The Morgan fingerprint density at radius 3 is 2.67 bits per heavy atom. The molecule has 0 atom stereocenters. The fourth-order valence-corrected chi connectivity index (χ4v) is 2.47. The van der Waals surface area contributed by atoms with Crippen LogP contribution in [-0.2, 0) is 11.2 Å². The standard InChI is InChI=1S/C19H17FN2O2/c1-24-17-9-7-14(11-15(17)20)12-16-19(23)22-18(21-16)10-8-13-5-3-2-4-6-13/h2-7,9,11-12H,8,10H2,1H3,(H,21,22,23)/b16-12+. The van der Waals surface area contributed by atoms with Crippen molar-refractivity contribution in [3.05, 3.63) is 71.2 Å². The van der Waals surface area contributed by atoms with Gasteiger partial charge in [0.1, 0.15) is 11.5 Å². The zero-order valence-electron chi connectivity index (χ0n) is 13.3. The van der Waals surface area contributed by atoms with Crippen LogP contribution in [0.15, 0.2) is 59.2 Å². The zero-order valence-corrected chi connectivity index (χ0v) is 13.3. The first-order chi connectivity index (χ1) is 11.7. The highest BCUT2D eigenvalue weighted by Gasteiger charge is 2.19. The van der Waals surface area contributed by atoms with E-state index < -0.39 is 5.82 Å². The molecule has 2 aromatic carbocycles. The van der Waals surface area contributed by atoms with Gasteiger partial charge in [0, 0.05) is 6.42 Å². The molecule has 0 saturated heterocycles. The average Bonchev–Trinajstić information content (AvgIpc) is 2.94. The van der Waals surface area contributed by atoms with Gasteiger partial charge in [-0.1, -0.05) is 36.4 Å². The highest BCUT2D eigenvalue weighted by molar-refractivity contribution is 6.14. The lowest BCUT2D eigenvalue weighted by atomic mass is 10.1. The molecule has 1 aliphatic rings. The summed E-state index contributed by atoms with van der Waals surface area (Å²) in [6.45, 7) is 0. The molecule has 2 aromatic rings. The molecule has 0 saturated carbocycles. The van der Waals surface area contributed by atoms with E-state index in [1.54, 1.807) is 12.1 Å². The van der Waals surface area contributed by atoms with Crippen molar-refractivity contribution in [3.63, 3.8) is 0 Å². The molecule has 3 rings (SSSR count). The van der Waals surface area contributed by atoms with Gasteiger partial charge in [-0.3, -0.25) is 4.79 Å². The number of methoxy groups -OCH3 is 1. The van der Waals surface area contributed by atoms with E-state index >= 15 is 0 Å². The molecule has 0 bridgehead atoms. The molecule has 1 heterocycles. The molecule has 5 heteroatoms. The second-order valence-corrected chi connectivity index (χ2v) is 5.42. The molecule has 0 spiro atoms. The Kier molecular flexibility index (Phi) is 4.70. The summed E-state index contributed by atoms with van der Waals surface area (Å²) in [5, 5.41) is 2.76. The van der Waals surface area contributed by atoms with Gasteiger partial charge in [0.2, 0.25) is 0 Å². The van der Waals surface area contributed by atoms with Crippen molar-refractivity contribution in [1.29, 1.82) is 0 Å². The molecule has 4 nitrogen and oxygen atoms in total. The summed E-state index contributed by atoms with van der Waals surface area (Å²) in [5.41, 5.74) is 2.03. The molecule has 1 amide bonds. The van der Waals surface area contributed by atoms with Crippen LogP contribution in [0.25, 0.3) is 6.08 Å². The Morgan fingerprint density at radius 1 is 1.17 bits per heavy atom. The fraction of sp³-hybridized carbons (Fsp3) is 0.158. The number of nitrogens with zero attached hydrogens (tertiary/aromatic N) is 1. The van der Waals surface area contributed by atoms with Crippen LogP contribution in [0.5, 0.6) is 5.75 Å². The summed E-state index contributed by atoms with van der Waals surface area (Å²) in [4.78, 5) is 16.3. The number of aliphatic imine (C=N–C) groups is 1. The molecule has 122 valence electrons. The Morgan fingerprint density at radius 2 is 1.96 bits per heavy atom. The quantitative estimate of drug-likeness (QED) is 0.858. The normalized spacial score (nSPS) is 15.3. The minimum absolute atomic E-state index is 0.167. The number of carbonyl (C=O) groups is 1. The molecule has 0 aromatic heterocycles. The minimum atomic E-state index is -0.474. The number of benzene rings is 2. The Hall–Kier alpha value is -2.95. The molecular weight excluding hydrogens is 307 g/mol. The second kappa shape index (κ2) is 7.08. The Bertz CT molecular complexity index is 813. The number of nitrogens with one attached hydrogen (secondary N) is 1. The van der Waals surface area contributed by atoms with E-state index in [1.165, 1.54) is 24.8 Å². The maximum Gasteiger partial charge on any atom is 0.275 e. The highest BCUT2D eigenvalue weighted by Crippen LogP contribution is 2.20. The number of ether oxygens (including phenoxy) is 1. The second-order valence-electron chi connectivity index (χ2n) is 5.42. The molecule has 24 heavy (non-hydrogen) atoms. The maximum absolute atomic E-state index is 13.7. The highest BCUT2D eigenvalue weighted by atomic mass is 19.1. The third-order valence-corrected chi connectivity index (χ3v) is 3.72. The summed E-state index contributed by atoms with van der Waals surface area (Å²) in [6.07, 6.45) is 3.00. The first-order valence-corrected chi connectivity index (χ1v) is 7.64. The van der Waals surface area contributed by atoms with Gasteiger partial charge >= 0.3 is 0 Å². The van der Waals surface area contributed by atoms with Crippen LogP contribution in [-0.4, -0.2) is 18.9 Å². The molecule has 1 N–H and O–H groups in total. The van der Waals surface area contributed by atoms with Gasteiger partial charge in [-0.2, -0.15) is 0 Å². The average molecular weight is 324 g/mol. The fourth-order valence-electron chi connectivity index (χ4n) is 2.47. The van der Waals surface area contributed by atoms with Crippen LogP contribution in [0, 0.1) is 5.82 Å². The van der Waals surface area contributed by atoms with E-state index in [-0.39, 0.29) is 17.4 Å². The summed E-state index contributed by atoms with van der Waals surface area (Å²) in [6, 6.07) is 14.5. The number of rotatable bonds is 5. The van der Waals surface area contributed by atoms with Gasteiger partial charge < -0.3 is 10.1 Å². The summed E-state index contributed by atoms with van der Waals surface area (Å²) < 4.78 is 18.6. The smallest absolute Gasteiger partial charge is 0.275 e. The molecule has 0 radical (unpaired) electrons. The van der Waals surface area contributed by atoms with Crippen LogP contribution >= 0.6 is 0 Å². The number of halogens is 1. The van der Waals surface area contributed by atoms with E-state index in [2.05, 4.69) is 10.3 Å². The van der Waals surface area contributed by atoms with Crippen molar-refractivity contribution in [1.82, 2.24) is 5.32 Å². The summed E-state index contributed by atoms with van der Waals surface area (Å²) >= 11 is 0. The van der Waals surface area contributed by atoms with E-state index in [1.807, 2.05) is 30.3 Å². The van der Waals surface area contributed by atoms with E-state index in [0.717, 1.165) is 6.42 Å². The SMILES string of the molecule is COc1ccc(/C=C2/N=C(CCc3ccccc3)NC2=O)cc1F. The Balaban J connectivity index is 1.72. The van der Waals surface area contributed by atoms with Gasteiger partial charge in [-0.05, 0) is 35.8 Å². The van der Waals surface area contributed by atoms with E-state index in [9.17, 15) is 9.18 Å². The van der Waals surface area contributed by atoms with Crippen molar-refractivity contribution in [2.24, 2.45) is 4.99 Å². The lowest BCUT2D eigenvalue weighted by Crippen LogP contribution is -2.24. The maximum atomic E-state index is 13.7. The topological polar surface area (TPSA) is 50.7 Å². The predicted octanol–water partition coefficient (Wildman–Crippen LogP) is 3.34. The number of hydrogen-bond acceptors (Lipinski definition) is 3. The number of amidine groups is 1. The lowest BCUT2D eigenvalue weighted by molar-refractivity contribution is -0.115. The molecule has 0 fully saturated rings. The molecular formula is C19H17FN2O2. The van der Waals surface area contributed by atoms with Crippen LogP contribution < -0.4 is 10.1 Å². The van der Waals surface area contributed by atoms with Crippen LogP contribution in [0.1, 0.15) is 17.5 Å². The van der Waals surface area contributed by atoms with Gasteiger partial charge in [0.25, 0.3) is 5.91 Å². The van der Waals surface area contributed by atoms with Gasteiger partial charge in [-0.15, -0.1) is 0 Å². The minimum Gasteiger partial charge on any atom is -0.494 e. The monoisotopic (exact) mass is 324 g/mol. The molecule has 0 aliphatic carbocycles. The summed E-state index contributed by atoms with van der Waals surface area (Å²) in [5.74, 6) is 0.0528. The number of amides is 1. The number of hydrogen-bond donors (Lipinski definition) is 1. The predicted molar refractivity (Wildman–Crippen MR) is 91.3 cm³/mol. The summed E-state index contributed by atoms with van der Waals surface area (Å²) in [7, 11) is 1.41. The van der Waals surface area contributed by atoms with E-state index in [4.69, 9.17) is 4.74 Å². The van der Waals surface area contributed by atoms with Gasteiger partial charge in [0.05, 0.1) is 7.11 Å². The number of carbonyl (C=O) groups excluding carboxylic acids is 1. The largest absolute Gasteiger partial charge is 0.494 e. The van der Waals surface area contributed by atoms with Crippen molar-refractivity contribution >= 4 is 17.8 Å². The van der Waals surface area contributed by atoms with Gasteiger partial charge in [0.15, 0.2) is 11.6 Å². The first-order valence-electron chi connectivity index (χ1n) is 7.64. The van der Waals surface area contributed by atoms with E-state index in [0.29, 0.717) is 17.8 Å². The van der Waals surface area contributed by atoms with Crippen molar-refractivity contribution < 1.29 is 13.9 Å². The lowest BCUT2D eigenvalue weighted by Gasteiger charge is -2.02. The molecule has 0 unspecified atom stereocenters. The van der Waals surface area contributed by atoms with Crippen LogP contribution in [0.2, 0.25) is 0 Å². The van der Waals surface area contributed by atoms with Crippen LogP contribution in [0.4, 0.5) is 4.39 Å². The van der Waals surface area contributed by atoms with Gasteiger partial charge in [-0.25, -0.2) is 9.38 Å². The first kappa shape index (κ1) is 15.9. The van der Waals surface area contributed by atoms with Crippen molar-refractivity contribution in [2.75, 3.05) is 7.11 Å². The van der Waals surface area contributed by atoms with Crippen LogP contribution in [0.3, 0.4) is 0 Å². The zero-order chi connectivity index (χ0) is 16.9.